The minimum Gasteiger partial charge on any atom is -0.484 e. The van der Waals surface area contributed by atoms with E-state index in [4.69, 9.17) is 14.2 Å². The molecule has 0 aliphatic carbocycles. The number of carbonyl (C=O) groups excluding carboxylic acids is 2. The third kappa shape index (κ3) is 7.46. The van der Waals surface area contributed by atoms with Crippen LogP contribution in [0.5, 0.6) is 5.75 Å². The molecule has 6 heteroatoms. The second-order valence-corrected chi connectivity index (χ2v) is 5.21. The molecule has 0 saturated heterocycles. The topological polar surface area (TPSA) is 65.1 Å². The lowest BCUT2D eigenvalue weighted by molar-refractivity contribution is -0.144. The second-order valence-electron chi connectivity index (χ2n) is 5.21. The fourth-order valence-electron chi connectivity index (χ4n) is 2.08. The van der Waals surface area contributed by atoms with Gasteiger partial charge in [0.25, 0.3) is 5.91 Å². The smallest absolute Gasteiger partial charge is 0.307 e. The van der Waals surface area contributed by atoms with Crippen LogP contribution in [-0.2, 0) is 25.5 Å². The largest absolute Gasteiger partial charge is 0.484 e. The van der Waals surface area contributed by atoms with Gasteiger partial charge in [0.05, 0.1) is 19.6 Å². The third-order valence-electron chi connectivity index (χ3n) is 3.50. The first kappa shape index (κ1) is 20.0. The van der Waals surface area contributed by atoms with Crippen molar-refractivity contribution in [2.75, 3.05) is 40.0 Å². The van der Waals surface area contributed by atoms with Gasteiger partial charge in [0, 0.05) is 20.2 Å². The van der Waals surface area contributed by atoms with E-state index >= 15 is 0 Å². The number of methoxy groups -OCH3 is 1. The van der Waals surface area contributed by atoms with Crippen molar-refractivity contribution in [2.24, 2.45) is 0 Å². The van der Waals surface area contributed by atoms with Crippen LogP contribution in [0.25, 0.3) is 0 Å². The maximum absolute atomic E-state index is 12.3. The second kappa shape index (κ2) is 11.5. The predicted octanol–water partition coefficient (Wildman–Crippen LogP) is 2.06. The van der Waals surface area contributed by atoms with Gasteiger partial charge in [-0.2, -0.15) is 0 Å². The van der Waals surface area contributed by atoms with E-state index in [-0.39, 0.29) is 24.9 Å². The van der Waals surface area contributed by atoms with Crippen LogP contribution in [0.15, 0.2) is 24.3 Å². The van der Waals surface area contributed by atoms with Gasteiger partial charge in [-0.05, 0) is 31.0 Å². The van der Waals surface area contributed by atoms with Crippen LogP contribution in [0.2, 0.25) is 0 Å². The number of hydrogen-bond acceptors (Lipinski definition) is 5. The normalized spacial score (nSPS) is 10.3. The summed E-state index contributed by atoms with van der Waals surface area (Å²) >= 11 is 0. The minimum atomic E-state index is -0.316. The summed E-state index contributed by atoms with van der Waals surface area (Å²) in [5.74, 6) is 0.150. The number of nitrogens with zero attached hydrogens (tertiary/aromatic N) is 1. The van der Waals surface area contributed by atoms with E-state index in [9.17, 15) is 9.59 Å². The van der Waals surface area contributed by atoms with Crippen molar-refractivity contribution in [3.8, 4) is 5.75 Å². The summed E-state index contributed by atoms with van der Waals surface area (Å²) in [4.78, 5) is 25.3. The molecule has 6 nitrogen and oxygen atoms in total. The zero-order valence-corrected chi connectivity index (χ0v) is 14.7. The number of carbonyl (C=O) groups is 2. The Bertz CT molecular complexity index is 501. The fraction of sp³-hybridized carbons (Fsp3) is 0.556. The summed E-state index contributed by atoms with van der Waals surface area (Å²) in [5, 5.41) is 0. The van der Waals surface area contributed by atoms with Gasteiger partial charge < -0.3 is 19.1 Å². The molecule has 0 heterocycles. The molecule has 0 bridgehead atoms. The Morgan fingerprint density at radius 1 is 1.08 bits per heavy atom. The summed E-state index contributed by atoms with van der Waals surface area (Å²) in [6.07, 6.45) is 1.12. The summed E-state index contributed by atoms with van der Waals surface area (Å²) in [7, 11) is 1.57. The molecule has 0 spiro atoms. The first-order valence-corrected chi connectivity index (χ1v) is 8.24. The minimum absolute atomic E-state index is 0.0714. The molecule has 134 valence electrons. The van der Waals surface area contributed by atoms with Crippen molar-refractivity contribution in [3.05, 3.63) is 29.8 Å². The molecule has 0 aromatic heterocycles. The molecule has 0 fully saturated rings. The Balaban J connectivity index is 2.51. The predicted molar refractivity (Wildman–Crippen MR) is 91.0 cm³/mol. The molecule has 0 unspecified atom stereocenters. The van der Waals surface area contributed by atoms with Crippen LogP contribution < -0.4 is 4.74 Å². The highest BCUT2D eigenvalue weighted by atomic mass is 16.5. The molecule has 0 saturated carbocycles. The van der Waals surface area contributed by atoms with Gasteiger partial charge in [-0.25, -0.2) is 0 Å². The van der Waals surface area contributed by atoms with Crippen LogP contribution >= 0.6 is 0 Å². The Hall–Kier alpha value is -2.08. The number of amides is 1. The van der Waals surface area contributed by atoms with Gasteiger partial charge in [0.2, 0.25) is 0 Å². The Morgan fingerprint density at radius 3 is 2.38 bits per heavy atom. The molecule has 0 atom stereocenters. The summed E-state index contributed by atoms with van der Waals surface area (Å²) in [6, 6.07) is 7.65. The first-order chi connectivity index (χ1) is 11.6. The molecule has 0 aliphatic rings. The van der Waals surface area contributed by atoms with E-state index in [0.29, 0.717) is 32.1 Å². The highest BCUT2D eigenvalue weighted by Crippen LogP contribution is 2.12. The molecule has 1 aromatic carbocycles. The van der Waals surface area contributed by atoms with Gasteiger partial charge in [-0.3, -0.25) is 9.59 Å². The molecule has 1 amide bonds. The van der Waals surface area contributed by atoms with E-state index < -0.39 is 0 Å². The highest BCUT2D eigenvalue weighted by Gasteiger charge is 2.16. The van der Waals surface area contributed by atoms with Crippen LogP contribution in [0.1, 0.15) is 25.8 Å². The Kier molecular flexibility index (Phi) is 9.53. The molecule has 24 heavy (non-hydrogen) atoms. The Morgan fingerprint density at radius 2 is 1.79 bits per heavy atom. The summed E-state index contributed by atoms with van der Waals surface area (Å²) < 4.78 is 15.4. The lowest BCUT2D eigenvalue weighted by Gasteiger charge is -2.22. The number of esters is 1. The lowest BCUT2D eigenvalue weighted by Crippen LogP contribution is -2.38. The van der Waals surface area contributed by atoms with Crippen LogP contribution in [0.4, 0.5) is 0 Å². The van der Waals surface area contributed by atoms with Crippen LogP contribution in [0.3, 0.4) is 0 Å². The zero-order valence-electron chi connectivity index (χ0n) is 14.7. The maximum Gasteiger partial charge on any atom is 0.307 e. The van der Waals surface area contributed by atoms with E-state index in [1.807, 2.05) is 24.3 Å². The van der Waals surface area contributed by atoms with Crippen LogP contribution in [0, 0.1) is 0 Å². The van der Waals surface area contributed by atoms with Gasteiger partial charge in [-0.1, -0.05) is 19.1 Å². The van der Waals surface area contributed by atoms with Gasteiger partial charge in [0.15, 0.2) is 6.61 Å². The van der Waals surface area contributed by atoms with Gasteiger partial charge >= 0.3 is 5.97 Å². The van der Waals surface area contributed by atoms with E-state index in [1.54, 1.807) is 18.9 Å². The van der Waals surface area contributed by atoms with Crippen molar-refractivity contribution < 1.29 is 23.8 Å². The number of rotatable bonds is 11. The van der Waals surface area contributed by atoms with E-state index in [1.165, 1.54) is 5.56 Å². The van der Waals surface area contributed by atoms with E-state index in [2.05, 4.69) is 6.92 Å². The standard InChI is InChI=1S/C18H27NO5/c1-4-15-6-8-16(9-7-15)24-14-17(20)19(12-13-22-3)11-10-18(21)23-5-2/h6-9H,4-5,10-14H2,1-3H3. The molecule has 0 aliphatic heterocycles. The average molecular weight is 337 g/mol. The quantitative estimate of drug-likeness (QED) is 0.578. The third-order valence-corrected chi connectivity index (χ3v) is 3.50. The van der Waals surface area contributed by atoms with Crippen molar-refractivity contribution in [3.63, 3.8) is 0 Å². The number of ether oxygens (including phenoxy) is 3. The van der Waals surface area contributed by atoms with Crippen molar-refractivity contribution in [2.45, 2.75) is 26.7 Å². The Labute approximate surface area is 143 Å². The van der Waals surface area contributed by atoms with Crippen molar-refractivity contribution >= 4 is 11.9 Å². The van der Waals surface area contributed by atoms with Crippen LogP contribution in [-0.4, -0.2) is 56.8 Å². The highest BCUT2D eigenvalue weighted by molar-refractivity contribution is 5.78. The maximum atomic E-state index is 12.3. The average Bonchev–Trinajstić information content (AvgIpc) is 2.60. The summed E-state index contributed by atoms with van der Waals surface area (Å²) in [5.41, 5.74) is 1.21. The van der Waals surface area contributed by atoms with Gasteiger partial charge in [0.1, 0.15) is 5.75 Å². The fourth-order valence-corrected chi connectivity index (χ4v) is 2.08. The number of benzene rings is 1. The van der Waals surface area contributed by atoms with E-state index in [0.717, 1.165) is 6.42 Å². The molecular formula is C18H27NO5. The molecular weight excluding hydrogens is 310 g/mol. The van der Waals surface area contributed by atoms with Gasteiger partial charge in [-0.15, -0.1) is 0 Å². The molecule has 1 aromatic rings. The number of aryl methyl sites for hydroxylation is 1. The number of hydrogen-bond donors (Lipinski definition) is 0. The molecule has 0 radical (unpaired) electrons. The SMILES string of the molecule is CCOC(=O)CCN(CCOC)C(=O)COc1ccc(CC)cc1. The zero-order chi connectivity index (χ0) is 17.8. The monoisotopic (exact) mass is 337 g/mol. The van der Waals surface area contributed by atoms with Crippen molar-refractivity contribution in [1.82, 2.24) is 4.90 Å². The lowest BCUT2D eigenvalue weighted by atomic mass is 10.2. The van der Waals surface area contributed by atoms with Crippen molar-refractivity contribution in [1.29, 1.82) is 0 Å². The first-order valence-electron chi connectivity index (χ1n) is 8.24. The summed E-state index contributed by atoms with van der Waals surface area (Å²) in [6.45, 7) is 5.20. The molecule has 0 N–H and O–H groups in total. The molecule has 1 rings (SSSR count).